The molecule has 10 heteroatoms. The largest absolute Gasteiger partial charge is 0.481 e. The number of ether oxygens (including phenoxy) is 1. The van der Waals surface area contributed by atoms with Gasteiger partial charge in [0.25, 0.3) is 0 Å². The Labute approximate surface area is 212 Å². The Kier molecular flexibility index (Phi) is 11.5. The van der Waals surface area contributed by atoms with Crippen molar-refractivity contribution in [3.05, 3.63) is 59.8 Å². The smallest absolute Gasteiger partial charge is 0.312 e. The predicted octanol–water partition coefficient (Wildman–Crippen LogP) is 4.04. The maximum absolute atomic E-state index is 12.9. The van der Waals surface area contributed by atoms with Gasteiger partial charge in [0.1, 0.15) is 0 Å². The topological polar surface area (TPSA) is 151 Å². The van der Waals surface area contributed by atoms with Gasteiger partial charge in [-0.15, -0.1) is 0 Å². The molecule has 0 aliphatic heterocycles. The molecule has 0 bridgehead atoms. The minimum atomic E-state index is -4.40. The van der Waals surface area contributed by atoms with E-state index in [4.69, 9.17) is 9.84 Å². The van der Waals surface area contributed by atoms with Crippen LogP contribution in [0.2, 0.25) is 0 Å². The van der Waals surface area contributed by atoms with E-state index < -0.39 is 38.9 Å². The van der Waals surface area contributed by atoms with Crippen molar-refractivity contribution in [1.82, 2.24) is 4.98 Å². The van der Waals surface area contributed by atoms with E-state index in [0.717, 1.165) is 11.1 Å². The number of aliphatic carboxylic acids is 1. The van der Waals surface area contributed by atoms with Gasteiger partial charge in [-0.2, -0.15) is 8.42 Å². The number of carbonyl (C=O) groups is 2. The molecule has 1 aromatic heterocycles. The number of hydrogen-bond donors (Lipinski definition) is 3. The van der Waals surface area contributed by atoms with Crippen LogP contribution in [0.15, 0.2) is 53.7 Å². The number of hydrogen-bond acceptors (Lipinski definition) is 7. The number of carbonyl (C=O) groups excluding carboxylic acids is 1. The number of pyridine rings is 1. The predicted molar refractivity (Wildman–Crippen MR) is 133 cm³/mol. The van der Waals surface area contributed by atoms with Gasteiger partial charge < -0.3 is 14.9 Å². The Hall–Kier alpha value is -2.82. The van der Waals surface area contributed by atoms with Gasteiger partial charge in [0, 0.05) is 19.2 Å². The summed E-state index contributed by atoms with van der Waals surface area (Å²) in [5.74, 6) is -3.01. The summed E-state index contributed by atoms with van der Waals surface area (Å²) in [7, 11) is -4.40. The zero-order chi connectivity index (χ0) is 26.7. The zero-order valence-electron chi connectivity index (χ0n) is 20.6. The Morgan fingerprint density at radius 1 is 1.00 bits per heavy atom. The van der Waals surface area contributed by atoms with Crippen LogP contribution in [-0.2, 0) is 24.4 Å². The van der Waals surface area contributed by atoms with Gasteiger partial charge in [0.05, 0.1) is 18.4 Å². The summed E-state index contributed by atoms with van der Waals surface area (Å²) in [4.78, 5) is 28.3. The van der Waals surface area contributed by atoms with E-state index in [9.17, 15) is 27.7 Å². The Morgan fingerprint density at radius 3 is 2.22 bits per heavy atom. The van der Waals surface area contributed by atoms with E-state index >= 15 is 0 Å². The van der Waals surface area contributed by atoms with Crippen LogP contribution in [0.3, 0.4) is 0 Å². The van der Waals surface area contributed by atoms with E-state index in [1.54, 1.807) is 13.0 Å². The summed E-state index contributed by atoms with van der Waals surface area (Å²) in [6, 6.07) is 12.5. The van der Waals surface area contributed by atoms with Gasteiger partial charge in [-0.1, -0.05) is 50.2 Å². The van der Waals surface area contributed by atoms with Crippen LogP contribution in [0.1, 0.15) is 68.9 Å². The van der Waals surface area contributed by atoms with Crippen LogP contribution in [0.4, 0.5) is 0 Å². The molecule has 1 heterocycles. The van der Waals surface area contributed by atoms with E-state index in [-0.39, 0.29) is 31.5 Å². The van der Waals surface area contributed by atoms with E-state index in [2.05, 4.69) is 4.98 Å². The van der Waals surface area contributed by atoms with Gasteiger partial charge in [0.15, 0.2) is 5.03 Å². The second-order valence-corrected chi connectivity index (χ2v) is 10.4. The third kappa shape index (κ3) is 9.00. The van der Waals surface area contributed by atoms with Crippen LogP contribution in [0.25, 0.3) is 0 Å². The molecule has 0 fully saturated rings. The summed E-state index contributed by atoms with van der Waals surface area (Å²) in [6.45, 7) is 3.51. The highest BCUT2D eigenvalue weighted by atomic mass is 32.2. The van der Waals surface area contributed by atoms with Gasteiger partial charge >= 0.3 is 22.1 Å². The van der Waals surface area contributed by atoms with Crippen LogP contribution >= 0.6 is 0 Å². The summed E-state index contributed by atoms with van der Waals surface area (Å²) >= 11 is 0. The molecule has 3 N–H and O–H groups in total. The molecule has 2 aromatic rings. The number of carboxylic acids is 1. The molecule has 0 saturated heterocycles. The van der Waals surface area contributed by atoms with Crippen molar-refractivity contribution in [2.24, 2.45) is 11.8 Å². The quantitative estimate of drug-likeness (QED) is 0.179. The second kappa shape index (κ2) is 14.1. The number of nitrogens with zero attached hydrogens (tertiary/aromatic N) is 1. The molecule has 1 aromatic carbocycles. The summed E-state index contributed by atoms with van der Waals surface area (Å²) in [6.07, 6.45) is 3.55. The first-order valence-corrected chi connectivity index (χ1v) is 13.5. The fraction of sp³-hybridized carbons (Fsp3) is 0.500. The molecule has 0 spiro atoms. The first kappa shape index (κ1) is 29.4. The van der Waals surface area contributed by atoms with Crippen molar-refractivity contribution in [3.8, 4) is 0 Å². The lowest BCUT2D eigenvalue weighted by Gasteiger charge is -2.27. The first-order valence-electron chi connectivity index (χ1n) is 12.0. The molecule has 0 radical (unpaired) electrons. The van der Waals surface area contributed by atoms with Crippen molar-refractivity contribution < 1.29 is 37.5 Å². The summed E-state index contributed by atoms with van der Waals surface area (Å²) in [5.41, 5.74) is 1.79. The highest BCUT2D eigenvalue weighted by molar-refractivity contribution is 7.85. The molecule has 9 nitrogen and oxygen atoms in total. The molecule has 4 unspecified atom stereocenters. The number of benzene rings is 1. The molecule has 36 heavy (non-hydrogen) atoms. The lowest BCUT2D eigenvalue weighted by molar-refractivity contribution is -0.151. The molecule has 0 aliphatic carbocycles. The third-order valence-corrected chi connectivity index (χ3v) is 7.11. The van der Waals surface area contributed by atoms with Crippen molar-refractivity contribution in [2.75, 3.05) is 13.2 Å². The van der Waals surface area contributed by atoms with Gasteiger partial charge in [0.2, 0.25) is 0 Å². The molecule has 198 valence electrons. The van der Waals surface area contributed by atoms with Crippen LogP contribution in [0.5, 0.6) is 0 Å². The maximum Gasteiger partial charge on any atom is 0.312 e. The minimum absolute atomic E-state index is 0.0268. The second-order valence-electron chi connectivity index (χ2n) is 9.01. The normalized spacial score (nSPS) is 15.0. The number of rotatable bonds is 15. The number of aliphatic hydroxyl groups excluding tert-OH is 1. The minimum Gasteiger partial charge on any atom is -0.481 e. The van der Waals surface area contributed by atoms with E-state index in [0.29, 0.717) is 25.7 Å². The van der Waals surface area contributed by atoms with Crippen LogP contribution in [-0.4, -0.2) is 53.3 Å². The lowest BCUT2D eigenvalue weighted by atomic mass is 9.78. The molecule has 2 rings (SSSR count). The first-order chi connectivity index (χ1) is 17.1. The van der Waals surface area contributed by atoms with E-state index in [1.807, 2.05) is 37.3 Å². The highest BCUT2D eigenvalue weighted by Gasteiger charge is 2.30. The number of aromatic nitrogens is 1. The van der Waals surface area contributed by atoms with Gasteiger partial charge in [-0.25, -0.2) is 4.98 Å². The van der Waals surface area contributed by atoms with Crippen molar-refractivity contribution in [1.29, 1.82) is 0 Å². The number of aliphatic hydroxyl groups is 1. The average molecular weight is 522 g/mol. The van der Waals surface area contributed by atoms with Gasteiger partial charge in [-0.05, 0) is 54.7 Å². The van der Waals surface area contributed by atoms with Crippen molar-refractivity contribution >= 4 is 22.1 Å². The molecule has 4 atom stereocenters. The van der Waals surface area contributed by atoms with Crippen molar-refractivity contribution in [2.45, 2.75) is 62.8 Å². The monoisotopic (exact) mass is 521 g/mol. The fourth-order valence-corrected chi connectivity index (χ4v) is 4.70. The van der Waals surface area contributed by atoms with Gasteiger partial charge in [-0.3, -0.25) is 14.1 Å². The molecule has 0 aliphatic rings. The lowest BCUT2D eigenvalue weighted by Crippen LogP contribution is -2.26. The fourth-order valence-electron chi connectivity index (χ4n) is 4.28. The average Bonchev–Trinajstić information content (AvgIpc) is 2.85. The molecular weight excluding hydrogens is 486 g/mol. The third-order valence-electron chi connectivity index (χ3n) is 6.34. The Balaban J connectivity index is 2.33. The Morgan fingerprint density at radius 2 is 1.69 bits per heavy atom. The standard InChI is InChI=1S/C26H35NO8S/c1-3-19(21-10-11-24(27-17-21)36(32,33)34)15-22(20-8-5-4-6-9-20)16-23(14-18(2)25(29)30)26(31)35-13-7-12-28/h4-6,8-11,17-19,22-23,28H,3,7,12-16H2,1-2H3,(H,29,30)(H,32,33,34). The summed E-state index contributed by atoms with van der Waals surface area (Å²) in [5, 5.41) is 18.0. The SMILES string of the molecule is CCC(CC(CC(CC(C)C(=O)O)C(=O)OCCCO)c1ccccc1)c1ccc(S(=O)(=O)O)nc1. The summed E-state index contributed by atoms with van der Waals surface area (Å²) < 4.78 is 37.3. The van der Waals surface area contributed by atoms with Crippen LogP contribution < -0.4 is 0 Å². The van der Waals surface area contributed by atoms with Crippen LogP contribution in [0, 0.1) is 11.8 Å². The number of esters is 1. The van der Waals surface area contributed by atoms with Crippen molar-refractivity contribution in [3.63, 3.8) is 0 Å². The highest BCUT2D eigenvalue weighted by Crippen LogP contribution is 2.37. The Bertz CT molecular complexity index is 1070. The zero-order valence-corrected chi connectivity index (χ0v) is 21.4. The molecular formula is C26H35NO8S. The van der Waals surface area contributed by atoms with E-state index in [1.165, 1.54) is 12.3 Å². The molecule has 0 amide bonds. The number of carboxylic acid groups (broad SMARTS) is 1. The molecule has 0 saturated carbocycles. The maximum atomic E-state index is 12.9.